The molecule has 1 N–H and O–H groups in total. The van der Waals surface area contributed by atoms with Gasteiger partial charge in [-0.15, -0.1) is 0 Å². The fourth-order valence-electron chi connectivity index (χ4n) is 1.43. The molecule has 1 atom stereocenters. The van der Waals surface area contributed by atoms with E-state index in [1.807, 2.05) is 32.9 Å². The van der Waals surface area contributed by atoms with Crippen molar-refractivity contribution in [2.24, 2.45) is 0 Å². The largest absolute Gasteiger partial charge is 0.346 e. The third-order valence-corrected chi connectivity index (χ3v) is 4.25. The number of hydrogen-bond donors (Lipinski definition) is 1. The molecule has 0 saturated heterocycles. The van der Waals surface area contributed by atoms with E-state index in [0.717, 1.165) is 17.3 Å². The van der Waals surface area contributed by atoms with Crippen molar-refractivity contribution in [2.75, 3.05) is 5.33 Å². The number of carbonyl (C=O) groups is 1. The van der Waals surface area contributed by atoms with Gasteiger partial charge in [-0.1, -0.05) is 34.5 Å². The smallest absolute Gasteiger partial charge is 0.251 e. The molecule has 0 fully saturated rings. The van der Waals surface area contributed by atoms with Crippen LogP contribution >= 0.6 is 27.5 Å². The molecule has 1 aromatic carbocycles. The molecular weight excluding hydrogens is 302 g/mol. The summed E-state index contributed by atoms with van der Waals surface area (Å²) in [5.74, 6) is -0.0839. The first kappa shape index (κ1) is 14.5. The van der Waals surface area contributed by atoms with Gasteiger partial charge >= 0.3 is 0 Å². The van der Waals surface area contributed by atoms with Gasteiger partial charge in [0.25, 0.3) is 5.91 Å². The van der Waals surface area contributed by atoms with Crippen LogP contribution in [0.15, 0.2) is 18.2 Å². The minimum atomic E-state index is -0.229. The molecule has 2 nitrogen and oxygen atoms in total. The Morgan fingerprint density at radius 3 is 2.59 bits per heavy atom. The Balaban J connectivity index is 2.90. The lowest BCUT2D eigenvalue weighted by molar-refractivity contribution is 0.0913. The lowest BCUT2D eigenvalue weighted by atomic mass is 10.0. The molecule has 1 unspecified atom stereocenters. The van der Waals surface area contributed by atoms with Crippen LogP contribution in [0, 0.1) is 6.92 Å². The van der Waals surface area contributed by atoms with E-state index in [4.69, 9.17) is 11.6 Å². The van der Waals surface area contributed by atoms with Crippen LogP contribution in [-0.4, -0.2) is 16.8 Å². The predicted octanol–water partition coefficient (Wildman–Crippen LogP) is 3.94. The fraction of sp³-hybridized carbons (Fsp3) is 0.462. The molecule has 0 aliphatic rings. The van der Waals surface area contributed by atoms with Crippen LogP contribution < -0.4 is 5.32 Å². The van der Waals surface area contributed by atoms with Crippen molar-refractivity contribution in [1.82, 2.24) is 5.32 Å². The summed E-state index contributed by atoms with van der Waals surface area (Å²) in [5.41, 5.74) is 1.36. The Labute approximate surface area is 116 Å². The van der Waals surface area contributed by atoms with Crippen molar-refractivity contribution in [3.05, 3.63) is 34.3 Å². The second-order valence-corrected chi connectivity index (χ2v) is 5.52. The molecule has 0 bridgehead atoms. The standard InChI is InChI=1S/C13H17BrClNO/c1-4-13(3,8-14)16-12(17)10-5-9(2)6-11(15)7-10/h5-7H,4,8H2,1-3H3,(H,16,17). The maximum absolute atomic E-state index is 12.1. The molecule has 0 heterocycles. The van der Waals surface area contributed by atoms with E-state index in [-0.39, 0.29) is 11.4 Å². The molecule has 1 rings (SSSR count). The summed E-state index contributed by atoms with van der Waals surface area (Å²) in [6, 6.07) is 5.36. The number of nitrogens with one attached hydrogen (secondary N) is 1. The van der Waals surface area contributed by atoms with Crippen molar-refractivity contribution >= 4 is 33.4 Å². The maximum atomic E-state index is 12.1. The predicted molar refractivity (Wildman–Crippen MR) is 76.1 cm³/mol. The lowest BCUT2D eigenvalue weighted by Crippen LogP contribution is -2.46. The summed E-state index contributed by atoms with van der Waals surface area (Å²) in [7, 11) is 0. The highest BCUT2D eigenvalue weighted by Crippen LogP contribution is 2.17. The summed E-state index contributed by atoms with van der Waals surface area (Å²) in [4.78, 5) is 12.1. The summed E-state index contributed by atoms with van der Waals surface area (Å²) in [6.45, 7) is 5.98. The second kappa shape index (κ2) is 5.87. The Bertz CT molecular complexity index is 396. The lowest BCUT2D eigenvalue weighted by Gasteiger charge is -2.27. The summed E-state index contributed by atoms with van der Waals surface area (Å²) in [5, 5.41) is 4.33. The summed E-state index contributed by atoms with van der Waals surface area (Å²) in [6.07, 6.45) is 0.865. The van der Waals surface area contributed by atoms with Gasteiger partial charge in [0.15, 0.2) is 0 Å². The minimum absolute atomic E-state index is 0.0839. The Morgan fingerprint density at radius 1 is 1.47 bits per heavy atom. The van der Waals surface area contributed by atoms with Gasteiger partial charge in [0.05, 0.1) is 0 Å². The molecule has 0 aliphatic carbocycles. The van der Waals surface area contributed by atoms with E-state index in [0.29, 0.717) is 10.6 Å². The average Bonchev–Trinajstić information content (AvgIpc) is 2.27. The van der Waals surface area contributed by atoms with E-state index >= 15 is 0 Å². The first-order valence-electron chi connectivity index (χ1n) is 5.56. The van der Waals surface area contributed by atoms with Crippen molar-refractivity contribution < 1.29 is 4.79 Å². The molecule has 0 saturated carbocycles. The van der Waals surface area contributed by atoms with E-state index in [2.05, 4.69) is 21.2 Å². The van der Waals surface area contributed by atoms with Crippen molar-refractivity contribution in [2.45, 2.75) is 32.7 Å². The zero-order valence-electron chi connectivity index (χ0n) is 10.3. The zero-order chi connectivity index (χ0) is 13.1. The fourth-order valence-corrected chi connectivity index (χ4v) is 2.26. The second-order valence-electron chi connectivity index (χ2n) is 4.52. The number of halogens is 2. The van der Waals surface area contributed by atoms with Crippen LogP contribution in [0.2, 0.25) is 5.02 Å². The monoisotopic (exact) mass is 317 g/mol. The first-order valence-corrected chi connectivity index (χ1v) is 7.06. The Kier molecular flexibility index (Phi) is 5.02. The SMILES string of the molecule is CCC(C)(CBr)NC(=O)c1cc(C)cc(Cl)c1. The normalized spacial score (nSPS) is 14.2. The molecule has 0 aromatic heterocycles. The van der Waals surface area contributed by atoms with E-state index in [1.54, 1.807) is 6.07 Å². The zero-order valence-corrected chi connectivity index (χ0v) is 12.7. The molecule has 17 heavy (non-hydrogen) atoms. The van der Waals surface area contributed by atoms with E-state index in [9.17, 15) is 4.79 Å². The number of aryl methyl sites for hydroxylation is 1. The molecular formula is C13H17BrClNO. The Morgan fingerprint density at radius 2 is 2.12 bits per heavy atom. The van der Waals surface area contributed by atoms with Crippen molar-refractivity contribution in [1.29, 1.82) is 0 Å². The van der Waals surface area contributed by atoms with Crippen LogP contribution in [-0.2, 0) is 0 Å². The number of amides is 1. The third-order valence-electron chi connectivity index (χ3n) is 2.79. The summed E-state index contributed by atoms with van der Waals surface area (Å²) >= 11 is 9.37. The first-order chi connectivity index (χ1) is 7.90. The molecule has 0 aliphatic heterocycles. The van der Waals surface area contributed by atoms with Gasteiger partial charge in [0, 0.05) is 21.5 Å². The molecule has 4 heteroatoms. The number of rotatable bonds is 4. The maximum Gasteiger partial charge on any atom is 0.251 e. The highest BCUT2D eigenvalue weighted by atomic mass is 79.9. The third kappa shape index (κ3) is 4.00. The van der Waals surface area contributed by atoms with E-state index in [1.165, 1.54) is 0 Å². The van der Waals surface area contributed by atoms with Gasteiger partial charge in [-0.25, -0.2) is 0 Å². The minimum Gasteiger partial charge on any atom is -0.346 e. The van der Waals surface area contributed by atoms with Crippen molar-refractivity contribution in [3.63, 3.8) is 0 Å². The van der Waals surface area contributed by atoms with Gasteiger partial charge in [-0.2, -0.15) is 0 Å². The van der Waals surface area contributed by atoms with Crippen LogP contribution in [0.4, 0.5) is 0 Å². The quantitative estimate of drug-likeness (QED) is 0.837. The number of alkyl halides is 1. The molecule has 94 valence electrons. The van der Waals surface area contributed by atoms with Crippen LogP contribution in [0.5, 0.6) is 0 Å². The van der Waals surface area contributed by atoms with E-state index < -0.39 is 0 Å². The number of benzene rings is 1. The molecule has 1 aromatic rings. The van der Waals surface area contributed by atoms with Gasteiger partial charge < -0.3 is 5.32 Å². The van der Waals surface area contributed by atoms with Gasteiger partial charge in [-0.05, 0) is 44.0 Å². The van der Waals surface area contributed by atoms with Crippen LogP contribution in [0.3, 0.4) is 0 Å². The van der Waals surface area contributed by atoms with Gasteiger partial charge in [0.2, 0.25) is 0 Å². The molecule has 0 spiro atoms. The molecule has 0 radical (unpaired) electrons. The molecule has 1 amide bonds. The van der Waals surface area contributed by atoms with Crippen molar-refractivity contribution in [3.8, 4) is 0 Å². The highest BCUT2D eigenvalue weighted by molar-refractivity contribution is 9.09. The number of carbonyl (C=O) groups excluding carboxylic acids is 1. The average molecular weight is 319 g/mol. The van der Waals surface area contributed by atoms with Crippen LogP contribution in [0.1, 0.15) is 36.2 Å². The van der Waals surface area contributed by atoms with Crippen LogP contribution in [0.25, 0.3) is 0 Å². The summed E-state index contributed by atoms with van der Waals surface area (Å²) < 4.78 is 0. The van der Waals surface area contributed by atoms with Gasteiger partial charge in [0.1, 0.15) is 0 Å². The Hall–Kier alpha value is -0.540. The number of hydrogen-bond acceptors (Lipinski definition) is 1. The van der Waals surface area contributed by atoms with Gasteiger partial charge in [-0.3, -0.25) is 4.79 Å². The topological polar surface area (TPSA) is 29.1 Å². The highest BCUT2D eigenvalue weighted by Gasteiger charge is 2.23.